The van der Waals surface area contributed by atoms with Crippen molar-refractivity contribution >= 4 is 11.9 Å². The van der Waals surface area contributed by atoms with Gasteiger partial charge in [-0.25, -0.2) is 4.79 Å². The van der Waals surface area contributed by atoms with Gasteiger partial charge in [-0.1, -0.05) is 0 Å². The van der Waals surface area contributed by atoms with Crippen molar-refractivity contribution < 1.29 is 23.8 Å². The lowest BCUT2D eigenvalue weighted by Crippen LogP contribution is -2.35. The molecule has 0 aliphatic carbocycles. The van der Waals surface area contributed by atoms with Gasteiger partial charge in [0, 0.05) is 7.05 Å². The van der Waals surface area contributed by atoms with E-state index in [4.69, 9.17) is 14.2 Å². The molecule has 1 amide bonds. The Morgan fingerprint density at radius 1 is 1.57 bits per heavy atom. The Kier molecular flexibility index (Phi) is 2.39. The molecule has 3 atom stereocenters. The monoisotopic (exact) mass is 201 g/mol. The molecule has 1 N–H and O–H groups in total. The van der Waals surface area contributed by atoms with E-state index in [1.165, 1.54) is 7.05 Å². The van der Waals surface area contributed by atoms with Gasteiger partial charge in [0.2, 0.25) is 0 Å². The van der Waals surface area contributed by atoms with Crippen LogP contribution in [0.2, 0.25) is 0 Å². The SMILES string of the molecule is CNC(=O)O[C@@H]1CO[C@@H]2C(=O)CO[C@@H]21. The summed E-state index contributed by atoms with van der Waals surface area (Å²) < 4.78 is 15.3. The van der Waals surface area contributed by atoms with Crippen molar-refractivity contribution in [3.63, 3.8) is 0 Å². The van der Waals surface area contributed by atoms with Gasteiger partial charge in [-0.15, -0.1) is 0 Å². The fourth-order valence-corrected chi connectivity index (χ4v) is 1.61. The van der Waals surface area contributed by atoms with Crippen LogP contribution in [0.15, 0.2) is 0 Å². The van der Waals surface area contributed by atoms with E-state index in [9.17, 15) is 9.59 Å². The Bertz CT molecular complexity index is 266. The molecule has 2 fully saturated rings. The number of fused-ring (bicyclic) bond motifs is 1. The average molecular weight is 201 g/mol. The lowest BCUT2D eigenvalue weighted by molar-refractivity contribution is -0.125. The molecule has 0 saturated carbocycles. The molecular weight excluding hydrogens is 190 g/mol. The Labute approximate surface area is 80.5 Å². The molecule has 6 nitrogen and oxygen atoms in total. The van der Waals surface area contributed by atoms with E-state index < -0.39 is 24.4 Å². The number of ether oxygens (including phenoxy) is 3. The van der Waals surface area contributed by atoms with Crippen molar-refractivity contribution in [2.75, 3.05) is 20.3 Å². The normalized spacial score (nSPS) is 35.5. The Hall–Kier alpha value is -1.14. The standard InChI is InChI=1S/C8H11NO5/c1-9-8(11)14-5-3-13-6-4(10)2-12-7(5)6/h5-7H,2-3H2,1H3,(H,9,11)/t5-,6-,7-/m1/s1. The van der Waals surface area contributed by atoms with Crippen molar-refractivity contribution in [2.45, 2.75) is 18.3 Å². The van der Waals surface area contributed by atoms with Gasteiger partial charge in [-0.3, -0.25) is 4.79 Å². The van der Waals surface area contributed by atoms with E-state index in [-0.39, 0.29) is 19.0 Å². The number of carbonyl (C=O) groups is 2. The fourth-order valence-electron chi connectivity index (χ4n) is 1.61. The highest BCUT2D eigenvalue weighted by molar-refractivity contribution is 5.87. The molecule has 0 aromatic heterocycles. The highest BCUT2D eigenvalue weighted by Crippen LogP contribution is 2.26. The zero-order valence-electron chi connectivity index (χ0n) is 7.69. The molecule has 78 valence electrons. The van der Waals surface area contributed by atoms with E-state index in [1.807, 2.05) is 0 Å². The maximum absolute atomic E-state index is 11.2. The molecule has 6 heteroatoms. The molecule has 2 rings (SSSR count). The summed E-state index contributed by atoms with van der Waals surface area (Å²) in [6.07, 6.45) is -2.00. The third kappa shape index (κ3) is 1.46. The predicted octanol–water partition coefficient (Wildman–Crippen LogP) is -0.922. The number of alkyl carbamates (subject to hydrolysis) is 1. The van der Waals surface area contributed by atoms with E-state index in [0.29, 0.717) is 0 Å². The largest absolute Gasteiger partial charge is 0.441 e. The molecule has 14 heavy (non-hydrogen) atoms. The van der Waals surface area contributed by atoms with Crippen LogP contribution in [0.3, 0.4) is 0 Å². The molecule has 0 bridgehead atoms. The van der Waals surface area contributed by atoms with Crippen LogP contribution in [0.5, 0.6) is 0 Å². The van der Waals surface area contributed by atoms with Gasteiger partial charge in [-0.05, 0) is 0 Å². The molecule has 0 aromatic rings. The van der Waals surface area contributed by atoms with Gasteiger partial charge >= 0.3 is 6.09 Å². The van der Waals surface area contributed by atoms with E-state index >= 15 is 0 Å². The summed E-state index contributed by atoms with van der Waals surface area (Å²) in [6.45, 7) is 0.261. The smallest absolute Gasteiger partial charge is 0.407 e. The highest BCUT2D eigenvalue weighted by Gasteiger charge is 2.48. The molecule has 2 aliphatic heterocycles. The zero-order chi connectivity index (χ0) is 10.1. The number of carbonyl (C=O) groups excluding carboxylic acids is 2. The van der Waals surface area contributed by atoms with Gasteiger partial charge in [-0.2, -0.15) is 0 Å². The lowest BCUT2D eigenvalue weighted by atomic mass is 10.1. The summed E-state index contributed by atoms with van der Waals surface area (Å²) in [5, 5.41) is 2.33. The number of hydrogen-bond acceptors (Lipinski definition) is 5. The van der Waals surface area contributed by atoms with Crippen LogP contribution in [0.1, 0.15) is 0 Å². The Balaban J connectivity index is 1.96. The highest BCUT2D eigenvalue weighted by atomic mass is 16.6. The van der Waals surface area contributed by atoms with Crippen LogP contribution in [0.25, 0.3) is 0 Å². The number of rotatable bonds is 1. The number of hydrogen-bond donors (Lipinski definition) is 1. The summed E-state index contributed by atoms with van der Waals surface area (Å²) in [6, 6.07) is 0. The van der Waals surface area contributed by atoms with E-state index in [1.54, 1.807) is 0 Å². The van der Waals surface area contributed by atoms with Crippen LogP contribution in [0.4, 0.5) is 4.79 Å². The minimum Gasteiger partial charge on any atom is -0.441 e. The van der Waals surface area contributed by atoms with Gasteiger partial charge in [0.05, 0.1) is 6.61 Å². The van der Waals surface area contributed by atoms with Crippen molar-refractivity contribution in [3.05, 3.63) is 0 Å². The topological polar surface area (TPSA) is 73.9 Å². The first-order valence-electron chi connectivity index (χ1n) is 4.36. The van der Waals surface area contributed by atoms with Crippen LogP contribution < -0.4 is 5.32 Å². The molecule has 0 aromatic carbocycles. The Morgan fingerprint density at radius 3 is 3.07 bits per heavy atom. The number of nitrogens with one attached hydrogen (secondary N) is 1. The molecule has 0 spiro atoms. The summed E-state index contributed by atoms with van der Waals surface area (Å²) in [4.78, 5) is 22.1. The summed E-state index contributed by atoms with van der Waals surface area (Å²) in [5.74, 6) is -0.0852. The first-order valence-corrected chi connectivity index (χ1v) is 4.36. The summed E-state index contributed by atoms with van der Waals surface area (Å²) in [5.41, 5.74) is 0. The van der Waals surface area contributed by atoms with Crippen LogP contribution in [-0.4, -0.2) is 50.4 Å². The van der Waals surface area contributed by atoms with Crippen LogP contribution in [-0.2, 0) is 19.0 Å². The fraction of sp³-hybridized carbons (Fsp3) is 0.750. The minimum atomic E-state index is -0.551. The van der Waals surface area contributed by atoms with Crippen LogP contribution >= 0.6 is 0 Å². The first-order chi connectivity index (χ1) is 6.72. The van der Waals surface area contributed by atoms with Gasteiger partial charge < -0.3 is 19.5 Å². The quantitative estimate of drug-likeness (QED) is 0.593. The van der Waals surface area contributed by atoms with E-state index in [2.05, 4.69) is 5.32 Å². The third-order valence-corrected chi connectivity index (χ3v) is 2.30. The number of amides is 1. The molecule has 2 aliphatic rings. The molecule has 0 radical (unpaired) electrons. The van der Waals surface area contributed by atoms with Crippen LogP contribution in [0, 0.1) is 0 Å². The van der Waals surface area contributed by atoms with Crippen molar-refractivity contribution in [3.8, 4) is 0 Å². The predicted molar refractivity (Wildman–Crippen MR) is 43.8 cm³/mol. The van der Waals surface area contributed by atoms with E-state index in [0.717, 1.165) is 0 Å². The second kappa shape index (κ2) is 3.55. The maximum atomic E-state index is 11.2. The van der Waals surface area contributed by atoms with Crippen molar-refractivity contribution in [1.82, 2.24) is 5.32 Å². The maximum Gasteiger partial charge on any atom is 0.407 e. The third-order valence-electron chi connectivity index (χ3n) is 2.30. The lowest BCUT2D eigenvalue weighted by Gasteiger charge is -2.15. The molecular formula is C8H11NO5. The Morgan fingerprint density at radius 2 is 2.36 bits per heavy atom. The van der Waals surface area contributed by atoms with Gasteiger partial charge in [0.25, 0.3) is 0 Å². The molecule has 0 unspecified atom stereocenters. The second-order valence-electron chi connectivity index (χ2n) is 3.19. The van der Waals surface area contributed by atoms with Gasteiger partial charge in [0.1, 0.15) is 18.8 Å². The zero-order valence-corrected chi connectivity index (χ0v) is 7.69. The first kappa shape index (κ1) is 9.42. The summed E-state index contributed by atoms with van der Waals surface area (Å²) >= 11 is 0. The van der Waals surface area contributed by atoms with Crippen molar-refractivity contribution in [2.24, 2.45) is 0 Å². The second-order valence-corrected chi connectivity index (χ2v) is 3.19. The molecule has 2 saturated heterocycles. The number of Topliss-reactive ketones (excluding diaryl/α,β-unsaturated/α-hetero) is 1. The molecule has 2 heterocycles. The average Bonchev–Trinajstić information content (AvgIpc) is 2.72. The minimum absolute atomic E-state index is 0.0446. The summed E-state index contributed by atoms with van der Waals surface area (Å²) in [7, 11) is 1.47. The number of ketones is 1. The van der Waals surface area contributed by atoms with Gasteiger partial charge in [0.15, 0.2) is 11.9 Å². The van der Waals surface area contributed by atoms with Crippen molar-refractivity contribution in [1.29, 1.82) is 0 Å².